The van der Waals surface area contributed by atoms with E-state index in [-0.39, 0.29) is 39.0 Å². The van der Waals surface area contributed by atoms with Gasteiger partial charge in [-0.15, -0.1) is 0 Å². The maximum atomic E-state index is 14.2. The van der Waals surface area contributed by atoms with Crippen LogP contribution in [0.25, 0.3) is 0 Å². The molecule has 9 fully saturated rings. The highest BCUT2D eigenvalue weighted by Gasteiger charge is 2.56. The van der Waals surface area contributed by atoms with Crippen molar-refractivity contribution in [1.29, 1.82) is 0 Å². The van der Waals surface area contributed by atoms with E-state index in [9.17, 15) is 57.2 Å². The molecule has 9 aliphatic heterocycles. The molecule has 121 heavy (non-hydrogen) atoms. The highest BCUT2D eigenvalue weighted by atomic mass is 35.5. The molecule has 9 saturated heterocycles. The van der Waals surface area contributed by atoms with E-state index in [1.165, 1.54) is 35.4 Å². The molecule has 0 radical (unpaired) electrons. The highest BCUT2D eigenvalue weighted by Crippen LogP contribution is 2.40. The summed E-state index contributed by atoms with van der Waals surface area (Å²) in [4.78, 5) is 54.3. The Morgan fingerprint density at radius 2 is 0.694 bits per heavy atom. The van der Waals surface area contributed by atoms with E-state index in [0.29, 0.717) is 42.4 Å². The van der Waals surface area contributed by atoms with Gasteiger partial charge in [-0.2, -0.15) is 8.42 Å². The number of benzene rings is 3. The number of carboxylic acid groups (broad SMARTS) is 1. The van der Waals surface area contributed by atoms with Gasteiger partial charge in [-0.05, 0) is 103 Å². The summed E-state index contributed by atoms with van der Waals surface area (Å²) in [5, 5.41) is 88.0. The lowest BCUT2D eigenvalue weighted by atomic mass is 10.1. The second-order valence-electron chi connectivity index (χ2n) is 27.6. The number of halogens is 5. The van der Waals surface area contributed by atoms with Gasteiger partial charge in [0, 0.05) is 54.5 Å². The van der Waals surface area contributed by atoms with Gasteiger partial charge in [-0.3, -0.25) is 23.5 Å². The Balaban J connectivity index is 0.000000685. The van der Waals surface area contributed by atoms with Crippen LogP contribution in [0.3, 0.4) is 0 Å². The van der Waals surface area contributed by atoms with Crippen molar-refractivity contribution in [2.45, 2.75) is 307 Å². The number of aliphatic hydroxyl groups excluding tert-OH is 9. The van der Waals surface area contributed by atoms with Gasteiger partial charge in [0.05, 0.1) is 54.9 Å². The van der Waals surface area contributed by atoms with Gasteiger partial charge in [0.25, 0.3) is 11.2 Å². The number of carbonyl (C=O) groups is 5. The molecule has 9 heterocycles. The predicted octanol–water partition coefficient (Wildman–Crippen LogP) is 5.57. The minimum atomic E-state index is -4.67. The molecule has 0 bridgehead atoms. The average Bonchev–Trinajstić information content (AvgIpc) is 1.63. The van der Waals surface area contributed by atoms with Crippen LogP contribution in [0.4, 0.5) is 17.6 Å². The fourth-order valence-electron chi connectivity index (χ4n) is 11.9. The first-order chi connectivity index (χ1) is 56.3. The Labute approximate surface area is 706 Å². The maximum Gasteiger partial charge on any atom is 0.394 e. The Hall–Kier alpha value is -5.87. The number of carboxylic acids is 1. The van der Waals surface area contributed by atoms with Crippen molar-refractivity contribution in [2.75, 3.05) is 48.3 Å². The fourth-order valence-corrected chi connectivity index (χ4v) is 12.0. The van der Waals surface area contributed by atoms with E-state index < -0.39 is 212 Å². The number of methoxy groups -OCH3 is 4. The number of hydrogen-bond acceptors (Lipinski definition) is 34. The van der Waals surface area contributed by atoms with Crippen molar-refractivity contribution in [3.05, 3.63) is 108 Å². The molecule has 3 aromatic rings. The second-order valence-corrected chi connectivity index (χ2v) is 28.8. The topological polar surface area (TPSA) is 528 Å². The second kappa shape index (κ2) is 56.3. The van der Waals surface area contributed by atoms with Gasteiger partial charge >= 0.3 is 28.3 Å². The summed E-state index contributed by atoms with van der Waals surface area (Å²) in [6.07, 6.45) is -20.8. The Morgan fingerprint density at radius 3 is 0.975 bits per heavy atom. The quantitative estimate of drug-likeness (QED) is 0.0258. The third-order valence-corrected chi connectivity index (χ3v) is 17.9. The van der Waals surface area contributed by atoms with Crippen molar-refractivity contribution >= 4 is 51.1 Å². The lowest BCUT2D eigenvalue weighted by Crippen LogP contribution is -2.36. The van der Waals surface area contributed by atoms with E-state index >= 15 is 0 Å². The summed E-state index contributed by atoms with van der Waals surface area (Å²) in [7, 11) is 0.871. The monoisotopic (exact) mass is 1790 g/mol. The zero-order chi connectivity index (χ0) is 91.3. The minimum absolute atomic E-state index is 0. The van der Waals surface area contributed by atoms with Crippen LogP contribution in [0.5, 0.6) is 0 Å². The van der Waals surface area contributed by atoms with Crippen molar-refractivity contribution in [2.24, 2.45) is 0 Å². The van der Waals surface area contributed by atoms with Crippen molar-refractivity contribution in [1.82, 2.24) is 0 Å². The molecule has 5 unspecified atom stereocenters. The number of esters is 3. The Morgan fingerprint density at radius 1 is 0.413 bits per heavy atom. The molecule has 12 N–H and O–H groups in total. The molecule has 3 aromatic carbocycles. The number of carbonyl (C=O) groups excluding carboxylic acids is 4. The molecular weight excluding hydrogens is 1670 g/mol. The van der Waals surface area contributed by atoms with Gasteiger partial charge in [-0.25, -0.2) is 27.2 Å². The van der Waals surface area contributed by atoms with Crippen LogP contribution in [0.1, 0.15) is 154 Å². The van der Waals surface area contributed by atoms with Crippen LogP contribution in [0.15, 0.2) is 91.0 Å². The van der Waals surface area contributed by atoms with E-state index in [0.717, 1.165) is 13.3 Å². The van der Waals surface area contributed by atoms with Crippen LogP contribution in [-0.2, 0) is 105 Å². The number of aliphatic hydroxyl groups is 9. The van der Waals surface area contributed by atoms with Gasteiger partial charge in [-0.1, -0.05) is 109 Å². The molecular formula is C78H123ClF4O37S. The van der Waals surface area contributed by atoms with Gasteiger partial charge in [0.2, 0.25) is 6.29 Å². The van der Waals surface area contributed by atoms with Crippen LogP contribution >= 0.6 is 11.6 Å². The molecule has 43 heteroatoms. The number of ether oxygens (including phenoxy) is 18. The van der Waals surface area contributed by atoms with E-state index in [1.807, 2.05) is 47.6 Å². The fraction of sp³-hybridized carbons (Fsp3) is 0.705. The molecule has 37 nitrogen and oxygen atoms in total. The molecule has 9 aliphatic rings. The Bertz CT molecular complexity index is 3310. The zero-order valence-electron chi connectivity index (χ0n) is 69.4. The molecule has 0 aromatic heterocycles. The number of aliphatic carboxylic acids is 1. The molecule has 28 atom stereocenters. The number of fused-ring (bicyclic) bond motifs is 2. The molecule has 0 spiro atoms. The number of alkyl halides is 4. The van der Waals surface area contributed by atoms with E-state index in [2.05, 4.69) is 4.74 Å². The largest absolute Gasteiger partial charge is 0.481 e. The predicted molar refractivity (Wildman–Crippen MR) is 417 cm³/mol. The van der Waals surface area contributed by atoms with Crippen molar-refractivity contribution in [3.63, 3.8) is 0 Å². The van der Waals surface area contributed by atoms with Crippen molar-refractivity contribution < 1.29 is 195 Å². The first-order valence-electron chi connectivity index (χ1n) is 38.0. The van der Waals surface area contributed by atoms with E-state index in [1.54, 1.807) is 113 Å². The van der Waals surface area contributed by atoms with Crippen LogP contribution in [-0.4, -0.2) is 330 Å². The van der Waals surface area contributed by atoms with E-state index in [4.69, 9.17) is 145 Å². The third-order valence-electron chi connectivity index (χ3n) is 17.7. The summed E-state index contributed by atoms with van der Waals surface area (Å²) in [5.41, 5.74) is 1.22. The SMILES string of the molecule is C.CC(=O)O.CC1(C)O[C@H]2O[C@H](CO)[C@H](O)[C@H]2O1.CCO.CC[C@H]1OC(OC(C)=O)[C@H](OC(=O)c2ccccc2)[C@@H]1F.CC[C@H]1OC(OC)[C@H](O)[C@@H]1F.CC[C@H]1OC(OC)[C@H](O)[C@H]1O.CC[C@H]1OC(OC)[C@H](OC(=O)c2ccccc2)[C@@H]1F.CC[C@H]1O[C@@H]2OC(C)(C)O[C@@H]2[C@H]1O.COC1O[C@H](CO)[C@@H](F)[C@H]1O.O=C(Cl)c1ccccc1.O=S(=O)(O)O. The smallest absolute Gasteiger partial charge is 0.394 e. The van der Waals surface area contributed by atoms with Crippen LogP contribution in [0.2, 0.25) is 0 Å². The summed E-state index contributed by atoms with van der Waals surface area (Å²) < 4.78 is 178. The van der Waals surface area contributed by atoms with Crippen molar-refractivity contribution in [3.8, 4) is 0 Å². The average molecular weight is 1800 g/mol. The molecule has 0 aliphatic carbocycles. The first kappa shape index (κ1) is 113. The maximum absolute atomic E-state index is 14.2. The van der Waals surface area contributed by atoms with Gasteiger partial charge in [0.15, 0.2) is 86.2 Å². The standard InChI is InChI=1S/C15H17FO5.C14H17FO4.C9H16O4.C8H14O5.C7H5ClO.C7H13FO3.C7H14O4.C6H11FO4.C2H4O2.C2H6O.CH4.H2O4S/c1-3-11-12(16)13(15(20-11)19-9(2)17)21-14(18)10-7-5-4-6-8-10;1-3-10-11(15)12(14(17-2)18-10)19-13(16)9-7-5-4-6-8-9;1-4-5-6(10)7-8(11-5)13-9(2,3)12-7;1-8(2)12-6-5(10)4(3-9)11-7(6)13-8;8-7(9)6-4-2-1-3-5-6;2*1-3-4-5(8)6(9)7(10-2)11-4;1-10-6-5(9)4(7)3(2-8)11-6;1-2(3)4;1-2-3;;1-5(2,3)4/h4-8,11-13,15H,3H2,1-2H3;4-8,10-12,14H,3H2,1-2H3;5-8,10H,4H2,1-3H3;4-7,9-10H,3H2,1-2H3;1-5H;4-7,9H,3H2,1-2H3;4-9H,3H2,1-2H3;3-6,8-9H,2H2,1H3;1H3,(H,3,4);3H,2H2,1H3;1H4;(H2,1,2,3,4)/t11-,12-,13-,15?;10-,11-,12-,14?;5-,6+,7-,8-;4-,5+,6-,7-;;4-,5-,6-,7?;4-,5+,6-,7?;3-,4-,5-,6?;;;;/m1111.111..../s1. The summed E-state index contributed by atoms with van der Waals surface area (Å²) in [5.74, 6) is -4.05. The third kappa shape index (κ3) is 37.3. The molecule has 698 valence electrons. The lowest BCUT2D eigenvalue weighted by molar-refractivity contribution is -0.218. The van der Waals surface area contributed by atoms with Gasteiger partial charge in [0.1, 0.15) is 61.0 Å². The summed E-state index contributed by atoms with van der Waals surface area (Å²) in [6, 6.07) is 25.4. The first-order valence-corrected chi connectivity index (χ1v) is 39.8. The summed E-state index contributed by atoms with van der Waals surface area (Å²) >= 11 is 5.16. The molecule has 0 saturated carbocycles. The zero-order valence-corrected chi connectivity index (χ0v) is 70.9. The summed E-state index contributed by atoms with van der Waals surface area (Å²) in [6.45, 7) is 19.9. The van der Waals surface area contributed by atoms with Gasteiger partial charge < -0.3 is 136 Å². The Kier molecular flexibility index (Phi) is 52.6. The number of rotatable bonds is 17. The molecule has 12 rings (SSSR count). The number of hydrogen-bond donors (Lipinski definition) is 12. The normalized spacial score (nSPS) is 33.7. The minimum Gasteiger partial charge on any atom is -0.481 e. The van der Waals surface area contributed by atoms with Crippen LogP contribution < -0.4 is 0 Å². The highest BCUT2D eigenvalue weighted by molar-refractivity contribution is 7.79. The lowest BCUT2D eigenvalue weighted by Gasteiger charge is -2.22. The van der Waals surface area contributed by atoms with Crippen LogP contribution in [0, 0.1) is 0 Å². The molecule has 0 amide bonds.